The second-order valence-corrected chi connectivity index (χ2v) is 8.04. The van der Waals surface area contributed by atoms with Crippen molar-refractivity contribution in [2.75, 3.05) is 13.1 Å². The van der Waals surface area contributed by atoms with Crippen LogP contribution in [0.1, 0.15) is 59.8 Å². The standard InChI is InChI=1S/C14H28N2Se/c1-5-6-12-17-13(15-14(2,3)4)16-10-8-7-9-11-16/h5-12H2,1-4H3. The SMILES string of the molecule is CCCC[Se]C(=NC(C)(C)C)N1CCCCC1. The molecule has 1 aliphatic rings. The van der Waals surface area contributed by atoms with Crippen LogP contribution >= 0.6 is 0 Å². The molecule has 0 spiro atoms. The van der Waals surface area contributed by atoms with Gasteiger partial charge >= 0.3 is 113 Å². The third-order valence-corrected chi connectivity index (χ3v) is 5.10. The third kappa shape index (κ3) is 6.47. The molecule has 17 heavy (non-hydrogen) atoms. The minimum absolute atomic E-state index is 0.0841. The van der Waals surface area contributed by atoms with Gasteiger partial charge in [0.15, 0.2) is 0 Å². The monoisotopic (exact) mass is 304 g/mol. The topological polar surface area (TPSA) is 15.6 Å². The molecule has 0 bridgehead atoms. The zero-order valence-electron chi connectivity index (χ0n) is 12.0. The van der Waals surface area contributed by atoms with Crippen LogP contribution in [-0.2, 0) is 0 Å². The maximum atomic E-state index is 4.97. The second kappa shape index (κ2) is 7.43. The van der Waals surface area contributed by atoms with Gasteiger partial charge in [-0.25, -0.2) is 0 Å². The van der Waals surface area contributed by atoms with E-state index in [2.05, 4.69) is 32.6 Å². The van der Waals surface area contributed by atoms with Crippen molar-refractivity contribution in [3.8, 4) is 0 Å². The van der Waals surface area contributed by atoms with Crippen molar-refractivity contribution in [2.45, 2.75) is 70.7 Å². The Kier molecular flexibility index (Phi) is 6.58. The summed E-state index contributed by atoms with van der Waals surface area (Å²) in [4.78, 5) is 7.53. The van der Waals surface area contributed by atoms with Gasteiger partial charge in [0.1, 0.15) is 0 Å². The fourth-order valence-electron chi connectivity index (χ4n) is 1.87. The van der Waals surface area contributed by atoms with Gasteiger partial charge in [0.2, 0.25) is 0 Å². The minimum atomic E-state index is 0.0841. The van der Waals surface area contributed by atoms with E-state index in [1.807, 2.05) is 0 Å². The Labute approximate surface area is 113 Å². The Morgan fingerprint density at radius 3 is 2.35 bits per heavy atom. The van der Waals surface area contributed by atoms with Gasteiger partial charge in [-0.1, -0.05) is 0 Å². The molecule has 2 nitrogen and oxygen atoms in total. The molecule has 1 saturated heterocycles. The van der Waals surface area contributed by atoms with E-state index in [-0.39, 0.29) is 5.54 Å². The van der Waals surface area contributed by atoms with Gasteiger partial charge in [-0.2, -0.15) is 0 Å². The second-order valence-electron chi connectivity index (χ2n) is 5.81. The predicted molar refractivity (Wildman–Crippen MR) is 78.1 cm³/mol. The summed E-state index contributed by atoms with van der Waals surface area (Å²) in [5, 5.41) is 1.36. The third-order valence-electron chi connectivity index (χ3n) is 2.79. The van der Waals surface area contributed by atoms with E-state index in [0.717, 1.165) is 0 Å². The fourth-order valence-corrected chi connectivity index (χ4v) is 4.64. The fraction of sp³-hybridized carbons (Fsp3) is 0.929. The molecule has 100 valence electrons. The summed E-state index contributed by atoms with van der Waals surface area (Å²) in [5.41, 5.74) is 0.0841. The molecule has 3 heteroatoms. The predicted octanol–water partition coefficient (Wildman–Crippen LogP) is 3.55. The van der Waals surface area contributed by atoms with Crippen LogP contribution in [0.2, 0.25) is 5.32 Å². The van der Waals surface area contributed by atoms with E-state index in [1.54, 1.807) is 0 Å². The Hall–Kier alpha value is -0.0105. The van der Waals surface area contributed by atoms with Crippen LogP contribution in [0.25, 0.3) is 0 Å². The first-order valence-corrected chi connectivity index (χ1v) is 9.07. The Balaban J connectivity index is 2.60. The van der Waals surface area contributed by atoms with E-state index < -0.39 is 0 Å². The number of amidine groups is 1. The first-order valence-electron chi connectivity index (χ1n) is 7.00. The van der Waals surface area contributed by atoms with Gasteiger partial charge in [0, 0.05) is 0 Å². The quantitative estimate of drug-likeness (QED) is 0.336. The summed E-state index contributed by atoms with van der Waals surface area (Å²) in [6, 6.07) is 0. The van der Waals surface area contributed by atoms with Gasteiger partial charge in [-0.3, -0.25) is 0 Å². The van der Waals surface area contributed by atoms with Crippen LogP contribution in [0, 0.1) is 0 Å². The number of unbranched alkanes of at least 4 members (excludes halogenated alkanes) is 1. The summed E-state index contributed by atoms with van der Waals surface area (Å²) in [6.07, 6.45) is 6.78. The van der Waals surface area contributed by atoms with E-state index in [1.165, 1.54) is 55.2 Å². The first kappa shape index (κ1) is 15.0. The zero-order valence-corrected chi connectivity index (χ0v) is 13.7. The molecule has 1 fully saturated rings. The molecular weight excluding hydrogens is 275 g/mol. The van der Waals surface area contributed by atoms with Gasteiger partial charge in [0.25, 0.3) is 0 Å². The molecule has 0 aromatic heterocycles. The van der Waals surface area contributed by atoms with Gasteiger partial charge < -0.3 is 0 Å². The summed E-state index contributed by atoms with van der Waals surface area (Å²) in [5.74, 6) is 0. The Bertz CT molecular complexity index is 237. The van der Waals surface area contributed by atoms with Crippen LogP contribution in [0.3, 0.4) is 0 Å². The molecule has 1 rings (SSSR count). The Morgan fingerprint density at radius 2 is 1.82 bits per heavy atom. The summed E-state index contributed by atoms with van der Waals surface area (Å²) in [6.45, 7) is 11.4. The van der Waals surface area contributed by atoms with Crippen molar-refractivity contribution in [3.05, 3.63) is 0 Å². The molecule has 0 radical (unpaired) electrons. The first-order chi connectivity index (χ1) is 8.03. The number of likely N-dealkylation sites (tertiary alicyclic amines) is 1. The molecular formula is C14H28N2Se. The van der Waals surface area contributed by atoms with Crippen molar-refractivity contribution in [1.82, 2.24) is 4.90 Å². The zero-order chi connectivity index (χ0) is 12.7. The van der Waals surface area contributed by atoms with Crippen molar-refractivity contribution in [1.29, 1.82) is 0 Å². The molecule has 0 aromatic rings. The van der Waals surface area contributed by atoms with Crippen LogP contribution < -0.4 is 0 Å². The van der Waals surface area contributed by atoms with Crippen molar-refractivity contribution >= 4 is 19.7 Å². The molecule has 0 N–H and O–H groups in total. The van der Waals surface area contributed by atoms with Crippen LogP contribution in [0.4, 0.5) is 0 Å². The maximum absolute atomic E-state index is 4.97. The van der Waals surface area contributed by atoms with E-state index in [9.17, 15) is 0 Å². The number of piperidine rings is 1. The summed E-state index contributed by atoms with van der Waals surface area (Å²) >= 11 is 0.584. The molecule has 0 saturated carbocycles. The molecule has 1 aliphatic heterocycles. The van der Waals surface area contributed by atoms with Gasteiger partial charge in [-0.05, 0) is 0 Å². The van der Waals surface area contributed by atoms with Gasteiger partial charge in [0.05, 0.1) is 0 Å². The molecule has 0 atom stereocenters. The molecule has 0 unspecified atom stereocenters. The van der Waals surface area contributed by atoms with Crippen molar-refractivity contribution in [3.63, 3.8) is 0 Å². The average Bonchev–Trinajstić information content (AvgIpc) is 2.28. The van der Waals surface area contributed by atoms with E-state index in [0.29, 0.717) is 15.0 Å². The number of nitrogens with zero attached hydrogens (tertiary/aromatic N) is 2. The number of hydrogen-bond acceptors (Lipinski definition) is 1. The van der Waals surface area contributed by atoms with Crippen LogP contribution in [-0.4, -0.2) is 43.2 Å². The molecule has 1 heterocycles. The van der Waals surface area contributed by atoms with Crippen molar-refractivity contribution in [2.24, 2.45) is 4.99 Å². The number of rotatable bonds is 4. The van der Waals surface area contributed by atoms with Crippen LogP contribution in [0.15, 0.2) is 4.99 Å². The average molecular weight is 303 g/mol. The molecule has 0 amide bonds. The molecule has 0 aromatic carbocycles. The van der Waals surface area contributed by atoms with Crippen LogP contribution in [0.5, 0.6) is 0 Å². The Morgan fingerprint density at radius 1 is 1.18 bits per heavy atom. The number of aliphatic imine (C=N–C) groups is 1. The van der Waals surface area contributed by atoms with Gasteiger partial charge in [-0.15, -0.1) is 0 Å². The summed E-state index contributed by atoms with van der Waals surface area (Å²) in [7, 11) is 0. The van der Waals surface area contributed by atoms with E-state index in [4.69, 9.17) is 4.99 Å². The van der Waals surface area contributed by atoms with Crippen molar-refractivity contribution < 1.29 is 0 Å². The van der Waals surface area contributed by atoms with E-state index >= 15 is 0 Å². The molecule has 0 aliphatic carbocycles. The number of hydrogen-bond donors (Lipinski definition) is 0. The summed E-state index contributed by atoms with van der Waals surface area (Å²) < 4.78 is 1.43. The normalized spacial score (nSPS) is 18.6.